The standard InChI is InChI=1S/C14H28N4O/c1-5-15-14(16-9-6-13(19)17(3)4)18-10-7-12(2)8-11-18/h12H,5-11H2,1-4H3,(H,15,16). The molecule has 5 heteroatoms. The Kier molecular flexibility index (Phi) is 6.67. The Hall–Kier alpha value is -1.26. The minimum Gasteiger partial charge on any atom is -0.357 e. The Morgan fingerprint density at radius 1 is 1.37 bits per heavy atom. The van der Waals surface area contributed by atoms with Gasteiger partial charge >= 0.3 is 0 Å². The molecule has 0 aliphatic carbocycles. The van der Waals surface area contributed by atoms with Crippen molar-refractivity contribution in [1.82, 2.24) is 15.1 Å². The van der Waals surface area contributed by atoms with Crippen molar-refractivity contribution in [1.29, 1.82) is 0 Å². The summed E-state index contributed by atoms with van der Waals surface area (Å²) in [5.74, 6) is 1.90. The van der Waals surface area contributed by atoms with Gasteiger partial charge in [0.2, 0.25) is 5.91 Å². The van der Waals surface area contributed by atoms with Crippen LogP contribution in [0.25, 0.3) is 0 Å². The van der Waals surface area contributed by atoms with Crippen LogP contribution in [0, 0.1) is 5.92 Å². The van der Waals surface area contributed by atoms with Crippen LogP contribution in [0.3, 0.4) is 0 Å². The summed E-state index contributed by atoms with van der Waals surface area (Å²) in [6, 6.07) is 0. The predicted molar refractivity (Wildman–Crippen MR) is 79.3 cm³/mol. The first-order chi connectivity index (χ1) is 9.04. The first kappa shape index (κ1) is 15.8. The molecule has 1 fully saturated rings. The van der Waals surface area contributed by atoms with Crippen LogP contribution in [0.1, 0.15) is 33.1 Å². The molecule has 0 aromatic carbocycles. The average molecular weight is 268 g/mol. The lowest BCUT2D eigenvalue weighted by Gasteiger charge is -2.33. The van der Waals surface area contributed by atoms with Gasteiger partial charge in [-0.3, -0.25) is 9.79 Å². The molecule has 1 aliphatic rings. The van der Waals surface area contributed by atoms with E-state index in [1.54, 1.807) is 19.0 Å². The molecule has 0 saturated carbocycles. The monoisotopic (exact) mass is 268 g/mol. The normalized spacial score (nSPS) is 17.5. The van der Waals surface area contributed by atoms with E-state index in [9.17, 15) is 4.79 Å². The van der Waals surface area contributed by atoms with Gasteiger partial charge in [-0.1, -0.05) is 6.92 Å². The van der Waals surface area contributed by atoms with E-state index in [0.29, 0.717) is 13.0 Å². The van der Waals surface area contributed by atoms with Crippen LogP contribution in [0.5, 0.6) is 0 Å². The number of hydrogen-bond donors (Lipinski definition) is 1. The third kappa shape index (κ3) is 5.49. The fourth-order valence-corrected chi connectivity index (χ4v) is 2.13. The topological polar surface area (TPSA) is 47.9 Å². The van der Waals surface area contributed by atoms with Crippen LogP contribution in [-0.4, -0.2) is 61.9 Å². The summed E-state index contributed by atoms with van der Waals surface area (Å²) in [4.78, 5) is 20.0. The number of likely N-dealkylation sites (tertiary alicyclic amines) is 1. The molecular formula is C14H28N4O. The summed E-state index contributed by atoms with van der Waals surface area (Å²) in [7, 11) is 3.56. The van der Waals surface area contributed by atoms with Gasteiger partial charge in [-0.15, -0.1) is 0 Å². The van der Waals surface area contributed by atoms with Crippen molar-refractivity contribution in [3.63, 3.8) is 0 Å². The van der Waals surface area contributed by atoms with Crippen LogP contribution in [0.4, 0.5) is 0 Å². The van der Waals surface area contributed by atoms with Crippen LogP contribution in [0.15, 0.2) is 4.99 Å². The number of carbonyl (C=O) groups excluding carboxylic acids is 1. The zero-order chi connectivity index (χ0) is 14.3. The summed E-state index contributed by atoms with van der Waals surface area (Å²) in [6.45, 7) is 7.94. The van der Waals surface area contributed by atoms with E-state index < -0.39 is 0 Å². The van der Waals surface area contributed by atoms with Crippen molar-refractivity contribution < 1.29 is 4.79 Å². The van der Waals surface area contributed by atoms with Gasteiger partial charge in [-0.25, -0.2) is 0 Å². The molecule has 0 unspecified atom stereocenters. The molecule has 0 aromatic heterocycles. The zero-order valence-electron chi connectivity index (χ0n) is 12.8. The second-order valence-electron chi connectivity index (χ2n) is 5.44. The number of carbonyl (C=O) groups is 1. The molecule has 5 nitrogen and oxygen atoms in total. The van der Waals surface area contributed by atoms with Crippen LogP contribution in [-0.2, 0) is 4.79 Å². The van der Waals surface area contributed by atoms with E-state index in [4.69, 9.17) is 0 Å². The van der Waals surface area contributed by atoms with Crippen molar-refractivity contribution in [3.05, 3.63) is 0 Å². The van der Waals surface area contributed by atoms with Crippen molar-refractivity contribution in [3.8, 4) is 0 Å². The second-order valence-corrected chi connectivity index (χ2v) is 5.44. The van der Waals surface area contributed by atoms with Gasteiger partial charge in [0.25, 0.3) is 0 Å². The number of guanidine groups is 1. The maximum Gasteiger partial charge on any atom is 0.223 e. The summed E-state index contributed by atoms with van der Waals surface area (Å²) >= 11 is 0. The van der Waals surface area contributed by atoms with Gasteiger partial charge in [-0.05, 0) is 25.7 Å². The predicted octanol–water partition coefficient (Wildman–Crippen LogP) is 1.16. The molecule has 1 rings (SSSR count). The molecule has 1 amide bonds. The van der Waals surface area contributed by atoms with Gasteiger partial charge in [0.1, 0.15) is 0 Å². The third-order valence-electron chi connectivity index (χ3n) is 3.50. The quantitative estimate of drug-likeness (QED) is 0.615. The molecule has 110 valence electrons. The zero-order valence-corrected chi connectivity index (χ0v) is 12.8. The Morgan fingerprint density at radius 2 is 2.00 bits per heavy atom. The summed E-state index contributed by atoms with van der Waals surface area (Å²) < 4.78 is 0. The van der Waals surface area contributed by atoms with Gasteiger partial charge in [0, 0.05) is 40.2 Å². The summed E-state index contributed by atoms with van der Waals surface area (Å²) in [5, 5.41) is 3.32. The van der Waals surface area contributed by atoms with Crippen molar-refractivity contribution in [2.45, 2.75) is 33.1 Å². The molecular weight excluding hydrogens is 240 g/mol. The SMILES string of the molecule is CCNC(=NCCC(=O)N(C)C)N1CCC(C)CC1. The highest BCUT2D eigenvalue weighted by Crippen LogP contribution is 2.15. The minimum atomic E-state index is 0.131. The first-order valence-corrected chi connectivity index (χ1v) is 7.28. The molecule has 0 spiro atoms. The van der Waals surface area contributed by atoms with E-state index in [2.05, 4.69) is 29.1 Å². The number of nitrogens with one attached hydrogen (secondary N) is 1. The Balaban J connectivity index is 2.49. The highest BCUT2D eigenvalue weighted by Gasteiger charge is 2.18. The number of piperidine rings is 1. The highest BCUT2D eigenvalue weighted by atomic mass is 16.2. The molecule has 1 aliphatic heterocycles. The molecule has 1 saturated heterocycles. The Morgan fingerprint density at radius 3 is 2.53 bits per heavy atom. The van der Waals surface area contributed by atoms with Crippen LogP contribution >= 0.6 is 0 Å². The molecule has 0 radical (unpaired) electrons. The van der Waals surface area contributed by atoms with Gasteiger partial charge in [-0.2, -0.15) is 0 Å². The fraction of sp³-hybridized carbons (Fsp3) is 0.857. The number of hydrogen-bond acceptors (Lipinski definition) is 2. The fourth-order valence-electron chi connectivity index (χ4n) is 2.13. The largest absolute Gasteiger partial charge is 0.357 e. The molecule has 0 bridgehead atoms. The molecule has 0 aromatic rings. The van der Waals surface area contributed by atoms with Gasteiger partial charge in [0.15, 0.2) is 5.96 Å². The number of amides is 1. The maximum absolute atomic E-state index is 11.5. The van der Waals surface area contributed by atoms with Crippen LogP contribution < -0.4 is 5.32 Å². The van der Waals surface area contributed by atoms with Crippen molar-refractivity contribution in [2.75, 3.05) is 40.3 Å². The third-order valence-corrected chi connectivity index (χ3v) is 3.50. The van der Waals surface area contributed by atoms with E-state index in [-0.39, 0.29) is 5.91 Å². The van der Waals surface area contributed by atoms with Gasteiger partial charge in [0.05, 0.1) is 6.54 Å². The van der Waals surface area contributed by atoms with Crippen LogP contribution in [0.2, 0.25) is 0 Å². The Bertz CT molecular complexity index is 307. The number of rotatable bonds is 4. The van der Waals surface area contributed by atoms with Crippen molar-refractivity contribution in [2.24, 2.45) is 10.9 Å². The number of aliphatic imine (C=N–C) groups is 1. The smallest absolute Gasteiger partial charge is 0.223 e. The second kappa shape index (κ2) is 8.02. The minimum absolute atomic E-state index is 0.131. The molecule has 1 N–H and O–H groups in total. The summed E-state index contributed by atoms with van der Waals surface area (Å²) in [5.41, 5.74) is 0. The lowest BCUT2D eigenvalue weighted by Crippen LogP contribution is -2.45. The maximum atomic E-state index is 11.5. The molecule has 1 heterocycles. The lowest BCUT2D eigenvalue weighted by atomic mass is 10.00. The van der Waals surface area contributed by atoms with E-state index in [1.807, 2.05) is 0 Å². The summed E-state index contributed by atoms with van der Waals surface area (Å²) in [6.07, 6.45) is 2.92. The highest BCUT2D eigenvalue weighted by molar-refractivity contribution is 5.81. The van der Waals surface area contributed by atoms with E-state index in [0.717, 1.165) is 31.5 Å². The van der Waals surface area contributed by atoms with E-state index >= 15 is 0 Å². The van der Waals surface area contributed by atoms with E-state index in [1.165, 1.54) is 12.8 Å². The van der Waals surface area contributed by atoms with Crippen molar-refractivity contribution >= 4 is 11.9 Å². The first-order valence-electron chi connectivity index (χ1n) is 7.28. The Labute approximate surface area is 117 Å². The lowest BCUT2D eigenvalue weighted by molar-refractivity contribution is -0.128. The number of nitrogens with zero attached hydrogens (tertiary/aromatic N) is 3. The molecule has 0 atom stereocenters. The average Bonchev–Trinajstić information content (AvgIpc) is 2.38. The van der Waals surface area contributed by atoms with Gasteiger partial charge < -0.3 is 15.1 Å². The molecule has 19 heavy (non-hydrogen) atoms.